The van der Waals surface area contributed by atoms with Gasteiger partial charge in [-0.1, -0.05) is 36.4 Å². The first-order valence-electron chi connectivity index (χ1n) is 6.46. The van der Waals surface area contributed by atoms with Crippen molar-refractivity contribution in [3.8, 4) is 5.75 Å². The van der Waals surface area contributed by atoms with E-state index in [4.69, 9.17) is 0 Å². The Kier molecular flexibility index (Phi) is 4.71. The van der Waals surface area contributed by atoms with E-state index >= 15 is 0 Å². The van der Waals surface area contributed by atoms with Crippen LogP contribution in [0.25, 0.3) is 0 Å². The van der Waals surface area contributed by atoms with E-state index in [9.17, 15) is 14.6 Å². The Morgan fingerprint density at radius 2 is 1.75 bits per heavy atom. The minimum absolute atomic E-state index is 0.222. The topological polar surface area (TPSA) is 43.7 Å². The second kappa shape index (κ2) is 6.50. The summed E-state index contributed by atoms with van der Waals surface area (Å²) in [7, 11) is 1.82. The molecule has 0 aromatic heterocycles. The number of rotatable bonds is 5. The molecule has 0 heterocycles. The summed E-state index contributed by atoms with van der Waals surface area (Å²) in [4.78, 5) is 1.84. The number of phenols is 1. The van der Waals surface area contributed by atoms with Crippen LogP contribution in [0.15, 0.2) is 48.5 Å². The van der Waals surface area contributed by atoms with Gasteiger partial charge in [-0.25, -0.2) is 4.39 Å². The average Bonchev–Trinajstić information content (AvgIpc) is 2.41. The minimum atomic E-state index is -0.896. The molecule has 2 aromatic rings. The fourth-order valence-electron chi connectivity index (χ4n) is 2.14. The van der Waals surface area contributed by atoms with E-state index in [2.05, 4.69) is 0 Å². The van der Waals surface area contributed by atoms with E-state index in [0.29, 0.717) is 6.54 Å². The Morgan fingerprint density at radius 3 is 2.45 bits per heavy atom. The van der Waals surface area contributed by atoms with Crippen LogP contribution in [0.4, 0.5) is 4.39 Å². The Labute approximate surface area is 117 Å². The highest BCUT2D eigenvalue weighted by molar-refractivity contribution is 5.31. The molecular formula is C16H18FNO2. The predicted molar refractivity (Wildman–Crippen MR) is 75.8 cm³/mol. The number of aliphatic hydroxyl groups is 1. The average molecular weight is 275 g/mol. The zero-order valence-corrected chi connectivity index (χ0v) is 11.3. The van der Waals surface area contributed by atoms with Crippen LogP contribution in [0.3, 0.4) is 0 Å². The first-order valence-corrected chi connectivity index (χ1v) is 6.46. The third kappa shape index (κ3) is 3.56. The Bertz CT molecular complexity index is 574. The monoisotopic (exact) mass is 275 g/mol. The van der Waals surface area contributed by atoms with Crippen LogP contribution in [0.5, 0.6) is 5.75 Å². The minimum Gasteiger partial charge on any atom is -0.508 e. The highest BCUT2D eigenvalue weighted by Crippen LogP contribution is 2.20. The van der Waals surface area contributed by atoms with Crippen molar-refractivity contribution >= 4 is 0 Å². The molecule has 2 rings (SSSR count). The van der Waals surface area contributed by atoms with Crippen LogP contribution >= 0.6 is 0 Å². The smallest absolute Gasteiger partial charge is 0.129 e. The Balaban J connectivity index is 2.00. The van der Waals surface area contributed by atoms with Gasteiger partial charge in [0.2, 0.25) is 0 Å². The molecule has 0 fully saturated rings. The van der Waals surface area contributed by atoms with Crippen LogP contribution in [0.1, 0.15) is 17.2 Å². The van der Waals surface area contributed by atoms with Crippen molar-refractivity contribution in [1.29, 1.82) is 0 Å². The number of aliphatic hydroxyl groups excluding tert-OH is 1. The predicted octanol–water partition coefficient (Wildman–Crippen LogP) is 2.70. The maximum atomic E-state index is 13.6. The molecule has 0 amide bonds. The molecule has 0 spiro atoms. The molecule has 1 unspecified atom stereocenters. The summed E-state index contributed by atoms with van der Waals surface area (Å²) in [6, 6.07) is 13.2. The zero-order valence-electron chi connectivity index (χ0n) is 11.3. The fourth-order valence-corrected chi connectivity index (χ4v) is 2.14. The normalized spacial score (nSPS) is 12.6. The molecule has 0 aliphatic heterocycles. The largest absolute Gasteiger partial charge is 0.508 e. The number of halogens is 1. The molecule has 3 nitrogen and oxygen atoms in total. The summed E-state index contributed by atoms with van der Waals surface area (Å²) in [6.45, 7) is 0.771. The van der Waals surface area contributed by atoms with E-state index in [1.165, 1.54) is 6.07 Å². The maximum Gasteiger partial charge on any atom is 0.129 e. The lowest BCUT2D eigenvalue weighted by Crippen LogP contribution is -2.24. The summed E-state index contributed by atoms with van der Waals surface area (Å²) >= 11 is 0. The van der Waals surface area contributed by atoms with Gasteiger partial charge in [-0.15, -0.1) is 0 Å². The van der Waals surface area contributed by atoms with Crippen molar-refractivity contribution in [3.05, 3.63) is 65.5 Å². The summed E-state index contributed by atoms with van der Waals surface area (Å²) in [5.74, 6) is -0.185. The highest BCUT2D eigenvalue weighted by Gasteiger charge is 2.15. The molecule has 4 heteroatoms. The van der Waals surface area contributed by atoms with Crippen molar-refractivity contribution in [2.24, 2.45) is 0 Å². The lowest BCUT2D eigenvalue weighted by molar-refractivity contribution is 0.120. The molecule has 0 radical (unpaired) electrons. The molecule has 0 aliphatic rings. The van der Waals surface area contributed by atoms with Crippen molar-refractivity contribution < 1.29 is 14.6 Å². The number of hydrogen-bond donors (Lipinski definition) is 2. The number of benzene rings is 2. The van der Waals surface area contributed by atoms with E-state index in [0.717, 1.165) is 5.56 Å². The summed E-state index contributed by atoms with van der Waals surface area (Å²) in [5.41, 5.74) is 1.06. The van der Waals surface area contributed by atoms with Gasteiger partial charge in [0.1, 0.15) is 11.6 Å². The van der Waals surface area contributed by atoms with Gasteiger partial charge in [0.25, 0.3) is 0 Å². The second-order valence-electron chi connectivity index (χ2n) is 4.86. The molecule has 0 saturated heterocycles. The van der Waals surface area contributed by atoms with Crippen molar-refractivity contribution in [2.75, 3.05) is 13.6 Å². The number of nitrogens with zero attached hydrogens (tertiary/aromatic N) is 1. The third-order valence-corrected chi connectivity index (χ3v) is 3.18. The van der Waals surface area contributed by atoms with Gasteiger partial charge >= 0.3 is 0 Å². The molecule has 1 atom stereocenters. The van der Waals surface area contributed by atoms with Crippen LogP contribution in [-0.4, -0.2) is 28.7 Å². The third-order valence-electron chi connectivity index (χ3n) is 3.18. The summed E-state index contributed by atoms with van der Waals surface area (Å²) < 4.78 is 13.6. The van der Waals surface area contributed by atoms with Crippen LogP contribution < -0.4 is 0 Å². The molecule has 0 bridgehead atoms. The van der Waals surface area contributed by atoms with E-state index < -0.39 is 11.9 Å². The zero-order chi connectivity index (χ0) is 14.5. The molecule has 2 aromatic carbocycles. The van der Waals surface area contributed by atoms with Crippen molar-refractivity contribution in [1.82, 2.24) is 4.90 Å². The lowest BCUT2D eigenvalue weighted by atomic mass is 10.1. The number of aromatic hydroxyl groups is 1. The van der Waals surface area contributed by atoms with Gasteiger partial charge in [-0.05, 0) is 19.2 Å². The van der Waals surface area contributed by atoms with Crippen molar-refractivity contribution in [2.45, 2.75) is 12.6 Å². The van der Waals surface area contributed by atoms with Gasteiger partial charge in [-0.3, -0.25) is 4.90 Å². The summed E-state index contributed by atoms with van der Waals surface area (Å²) in [6.07, 6.45) is -0.896. The summed E-state index contributed by atoms with van der Waals surface area (Å²) in [5, 5.41) is 19.8. The Morgan fingerprint density at radius 1 is 1.10 bits per heavy atom. The van der Waals surface area contributed by atoms with E-state index in [-0.39, 0.29) is 17.9 Å². The first kappa shape index (κ1) is 14.5. The SMILES string of the molecule is CN(Cc1ccccc1O)CC(O)c1ccccc1F. The lowest BCUT2D eigenvalue weighted by Gasteiger charge is -2.21. The molecule has 106 valence electrons. The first-order chi connectivity index (χ1) is 9.58. The molecule has 2 N–H and O–H groups in total. The van der Waals surface area contributed by atoms with Gasteiger partial charge in [0.15, 0.2) is 0 Å². The Hall–Kier alpha value is -1.91. The fraction of sp³-hybridized carbons (Fsp3) is 0.250. The molecule has 0 saturated carbocycles. The maximum absolute atomic E-state index is 13.6. The van der Waals surface area contributed by atoms with E-state index in [1.54, 1.807) is 30.3 Å². The molecule has 20 heavy (non-hydrogen) atoms. The highest BCUT2D eigenvalue weighted by atomic mass is 19.1. The van der Waals surface area contributed by atoms with E-state index in [1.807, 2.05) is 24.1 Å². The van der Waals surface area contributed by atoms with Crippen LogP contribution in [0, 0.1) is 5.82 Å². The molecular weight excluding hydrogens is 257 g/mol. The van der Waals surface area contributed by atoms with Gasteiger partial charge < -0.3 is 10.2 Å². The quantitative estimate of drug-likeness (QED) is 0.881. The van der Waals surface area contributed by atoms with Gasteiger partial charge in [0.05, 0.1) is 6.10 Å². The second-order valence-corrected chi connectivity index (χ2v) is 4.86. The van der Waals surface area contributed by atoms with Gasteiger partial charge in [-0.2, -0.15) is 0 Å². The number of phenolic OH excluding ortho intramolecular Hbond substituents is 1. The number of likely N-dealkylation sites (N-methyl/N-ethyl adjacent to an activating group) is 1. The van der Waals surface area contributed by atoms with Gasteiger partial charge in [0, 0.05) is 24.2 Å². The van der Waals surface area contributed by atoms with Crippen LogP contribution in [0.2, 0.25) is 0 Å². The van der Waals surface area contributed by atoms with Crippen molar-refractivity contribution in [3.63, 3.8) is 0 Å². The number of hydrogen-bond acceptors (Lipinski definition) is 3. The standard InChI is InChI=1S/C16H18FNO2/c1-18(10-12-6-2-5-9-15(12)19)11-16(20)13-7-3-4-8-14(13)17/h2-9,16,19-20H,10-11H2,1H3. The van der Waals surface area contributed by atoms with Crippen LogP contribution in [-0.2, 0) is 6.54 Å². The number of para-hydroxylation sites is 1. The molecule has 0 aliphatic carbocycles.